The van der Waals surface area contributed by atoms with E-state index in [2.05, 4.69) is 20.8 Å². The molecule has 0 amide bonds. The molecule has 0 atom stereocenters. The Balaban J connectivity index is 1.27. The molecule has 0 radical (unpaired) electrons. The van der Waals surface area contributed by atoms with Crippen LogP contribution in [-0.2, 0) is 13.2 Å². The monoisotopic (exact) mass is 577 g/mol. The number of hydrogen-bond acceptors (Lipinski definition) is 7. The second kappa shape index (κ2) is 13.9. The normalized spacial score (nSPS) is 11.0. The highest BCUT2D eigenvalue weighted by Crippen LogP contribution is 2.34. The molecule has 3 aromatic carbocycles. The zero-order valence-corrected chi connectivity index (χ0v) is 23.2. The van der Waals surface area contributed by atoms with Gasteiger partial charge in [0.2, 0.25) is 5.16 Å². The van der Waals surface area contributed by atoms with E-state index in [0.717, 1.165) is 40.7 Å². The smallest absolute Gasteiger partial charge is 0.214 e. The van der Waals surface area contributed by atoms with Crippen molar-refractivity contribution >= 4 is 46.6 Å². The molecular formula is C26H26Cl3N5O2S. The van der Waals surface area contributed by atoms with Gasteiger partial charge in [-0.15, -0.1) is 5.10 Å². The summed E-state index contributed by atoms with van der Waals surface area (Å²) in [7, 11) is 0. The Hall–Kier alpha value is -2.49. The van der Waals surface area contributed by atoms with Gasteiger partial charge in [-0.25, -0.2) is 0 Å². The molecule has 7 nitrogen and oxygen atoms in total. The van der Waals surface area contributed by atoms with Crippen molar-refractivity contribution in [2.24, 2.45) is 0 Å². The van der Waals surface area contributed by atoms with Crippen molar-refractivity contribution in [3.8, 4) is 17.2 Å². The summed E-state index contributed by atoms with van der Waals surface area (Å²) in [5, 5.41) is 17.9. The lowest BCUT2D eigenvalue weighted by Gasteiger charge is -2.15. The van der Waals surface area contributed by atoms with Crippen LogP contribution in [0, 0.1) is 0 Å². The molecule has 0 aliphatic rings. The molecule has 0 spiro atoms. The Morgan fingerprint density at radius 1 is 0.919 bits per heavy atom. The van der Waals surface area contributed by atoms with Gasteiger partial charge in [0.15, 0.2) is 11.5 Å². The van der Waals surface area contributed by atoms with Crippen LogP contribution in [0.1, 0.15) is 24.5 Å². The molecular weight excluding hydrogens is 553 g/mol. The SMILES string of the molecule is CCOc1cc(CNCCCSc2nnnn2-c2ccccc2)c(Cl)cc1OCc1ccc(Cl)c(Cl)c1. The van der Waals surface area contributed by atoms with Gasteiger partial charge in [-0.1, -0.05) is 70.8 Å². The molecule has 11 heteroatoms. The van der Waals surface area contributed by atoms with Crippen LogP contribution in [0.3, 0.4) is 0 Å². The summed E-state index contributed by atoms with van der Waals surface area (Å²) in [5.41, 5.74) is 2.78. The maximum atomic E-state index is 6.57. The first-order valence-electron chi connectivity index (χ1n) is 11.7. The fraction of sp³-hybridized carbons (Fsp3) is 0.269. The van der Waals surface area contributed by atoms with Crippen molar-refractivity contribution in [3.05, 3.63) is 86.9 Å². The first kappa shape index (κ1) is 27.5. The second-order valence-corrected chi connectivity index (χ2v) is 10.2. The average Bonchev–Trinajstić information content (AvgIpc) is 3.38. The van der Waals surface area contributed by atoms with Crippen LogP contribution >= 0.6 is 46.6 Å². The third-order valence-electron chi connectivity index (χ3n) is 5.28. The molecule has 1 N–H and O–H groups in total. The number of para-hydroxylation sites is 1. The van der Waals surface area contributed by atoms with E-state index < -0.39 is 0 Å². The summed E-state index contributed by atoms with van der Waals surface area (Å²) in [5.74, 6) is 2.10. The number of thioether (sulfide) groups is 1. The fourth-order valence-electron chi connectivity index (χ4n) is 3.47. The van der Waals surface area contributed by atoms with Gasteiger partial charge in [0.05, 0.1) is 22.3 Å². The number of benzene rings is 3. The summed E-state index contributed by atoms with van der Waals surface area (Å²) in [6, 6.07) is 19.0. The van der Waals surface area contributed by atoms with Crippen molar-refractivity contribution in [2.45, 2.75) is 31.7 Å². The van der Waals surface area contributed by atoms with Gasteiger partial charge in [-0.05, 0) is 71.8 Å². The van der Waals surface area contributed by atoms with Crippen LogP contribution < -0.4 is 14.8 Å². The minimum atomic E-state index is 0.316. The zero-order valence-electron chi connectivity index (χ0n) is 20.2. The molecule has 0 fully saturated rings. The van der Waals surface area contributed by atoms with Crippen LogP contribution in [0.15, 0.2) is 65.8 Å². The highest BCUT2D eigenvalue weighted by molar-refractivity contribution is 7.99. The number of ether oxygens (including phenoxy) is 2. The average molecular weight is 579 g/mol. The predicted molar refractivity (Wildman–Crippen MR) is 150 cm³/mol. The Bertz CT molecular complexity index is 1310. The summed E-state index contributed by atoms with van der Waals surface area (Å²) in [4.78, 5) is 0. The lowest BCUT2D eigenvalue weighted by Crippen LogP contribution is -2.16. The largest absolute Gasteiger partial charge is 0.490 e. The minimum absolute atomic E-state index is 0.316. The molecule has 0 saturated heterocycles. The lowest BCUT2D eigenvalue weighted by molar-refractivity contribution is 0.269. The van der Waals surface area contributed by atoms with E-state index in [1.54, 1.807) is 34.6 Å². The molecule has 0 bridgehead atoms. The first-order valence-corrected chi connectivity index (χ1v) is 13.9. The molecule has 37 heavy (non-hydrogen) atoms. The van der Waals surface area contributed by atoms with Crippen molar-refractivity contribution in [2.75, 3.05) is 18.9 Å². The van der Waals surface area contributed by atoms with Gasteiger partial charge < -0.3 is 14.8 Å². The predicted octanol–water partition coefficient (Wildman–Crippen LogP) is 6.87. The van der Waals surface area contributed by atoms with Crippen LogP contribution in [0.2, 0.25) is 15.1 Å². The quantitative estimate of drug-likeness (QED) is 0.137. The van der Waals surface area contributed by atoms with Crippen molar-refractivity contribution < 1.29 is 9.47 Å². The van der Waals surface area contributed by atoms with E-state index in [4.69, 9.17) is 44.3 Å². The standard InChI is InChI=1S/C26H26Cl3N5O2S/c1-2-35-24-14-19(22(28)15-25(24)36-17-18-9-10-21(27)23(29)13-18)16-30-11-6-12-37-26-31-32-33-34(26)20-7-4-3-5-8-20/h3-5,7-10,13-15,30H,2,6,11-12,16-17H2,1H3. The summed E-state index contributed by atoms with van der Waals surface area (Å²) in [6.07, 6.45) is 0.938. The molecule has 194 valence electrons. The van der Waals surface area contributed by atoms with E-state index >= 15 is 0 Å². The first-order chi connectivity index (χ1) is 18.0. The van der Waals surface area contributed by atoms with Crippen molar-refractivity contribution in [3.63, 3.8) is 0 Å². The maximum absolute atomic E-state index is 6.57. The number of hydrogen-bond donors (Lipinski definition) is 1. The molecule has 0 aliphatic heterocycles. The fourth-order valence-corrected chi connectivity index (χ4v) is 4.84. The van der Waals surface area contributed by atoms with Crippen LogP contribution in [0.5, 0.6) is 11.5 Å². The highest BCUT2D eigenvalue weighted by Gasteiger charge is 2.13. The summed E-state index contributed by atoms with van der Waals surface area (Å²) < 4.78 is 13.6. The number of nitrogens with zero attached hydrogens (tertiary/aromatic N) is 4. The molecule has 0 aliphatic carbocycles. The lowest BCUT2D eigenvalue weighted by atomic mass is 10.2. The molecule has 4 rings (SSSR count). The number of nitrogens with one attached hydrogen (secondary N) is 1. The highest BCUT2D eigenvalue weighted by atomic mass is 35.5. The number of rotatable bonds is 13. The van der Waals surface area contributed by atoms with E-state index in [9.17, 15) is 0 Å². The molecule has 0 saturated carbocycles. The Labute approximate surface area is 235 Å². The topological polar surface area (TPSA) is 74.1 Å². The second-order valence-electron chi connectivity index (χ2n) is 7.95. The van der Waals surface area contributed by atoms with E-state index in [1.165, 1.54) is 0 Å². The van der Waals surface area contributed by atoms with Crippen LogP contribution in [-0.4, -0.2) is 39.1 Å². The Kier molecular flexibility index (Phi) is 10.3. The van der Waals surface area contributed by atoms with E-state index in [0.29, 0.717) is 46.3 Å². The van der Waals surface area contributed by atoms with Gasteiger partial charge >= 0.3 is 0 Å². The third kappa shape index (κ3) is 7.75. The Morgan fingerprint density at radius 3 is 2.51 bits per heavy atom. The number of aromatic nitrogens is 4. The molecule has 1 heterocycles. The van der Waals surface area contributed by atoms with Crippen molar-refractivity contribution in [1.82, 2.24) is 25.5 Å². The van der Waals surface area contributed by atoms with Crippen molar-refractivity contribution in [1.29, 1.82) is 0 Å². The van der Waals surface area contributed by atoms with E-state index in [1.807, 2.05) is 49.4 Å². The van der Waals surface area contributed by atoms with E-state index in [-0.39, 0.29) is 0 Å². The van der Waals surface area contributed by atoms with Crippen LogP contribution in [0.4, 0.5) is 0 Å². The minimum Gasteiger partial charge on any atom is -0.490 e. The Morgan fingerprint density at radius 2 is 1.73 bits per heavy atom. The van der Waals surface area contributed by atoms with Crippen LogP contribution in [0.25, 0.3) is 5.69 Å². The zero-order chi connectivity index (χ0) is 26.0. The molecule has 1 aromatic heterocycles. The maximum Gasteiger partial charge on any atom is 0.214 e. The number of tetrazole rings is 1. The summed E-state index contributed by atoms with van der Waals surface area (Å²) in [6.45, 7) is 4.18. The van der Waals surface area contributed by atoms with Gasteiger partial charge in [0.25, 0.3) is 0 Å². The van der Waals surface area contributed by atoms with Gasteiger partial charge in [-0.2, -0.15) is 4.68 Å². The molecule has 4 aromatic rings. The third-order valence-corrected chi connectivity index (χ3v) is 7.37. The van der Waals surface area contributed by atoms with Gasteiger partial charge in [0.1, 0.15) is 6.61 Å². The summed E-state index contributed by atoms with van der Waals surface area (Å²) >= 11 is 20.3. The molecule has 0 unspecified atom stereocenters. The number of halogens is 3. The van der Waals surface area contributed by atoms with Gasteiger partial charge in [-0.3, -0.25) is 0 Å². The van der Waals surface area contributed by atoms with Gasteiger partial charge in [0, 0.05) is 23.4 Å².